The van der Waals surface area contributed by atoms with Gasteiger partial charge in [0.1, 0.15) is 12.3 Å². The first-order valence-electron chi connectivity index (χ1n) is 11.5. The van der Waals surface area contributed by atoms with Gasteiger partial charge >= 0.3 is 0 Å². The Hall–Kier alpha value is -4.37. The van der Waals surface area contributed by atoms with E-state index < -0.39 is 17.1 Å². The van der Waals surface area contributed by atoms with Crippen LogP contribution >= 0.6 is 11.8 Å². The van der Waals surface area contributed by atoms with E-state index in [-0.39, 0.29) is 24.0 Å². The zero-order chi connectivity index (χ0) is 26.4. The first-order chi connectivity index (χ1) is 17.8. The quantitative estimate of drug-likeness (QED) is 0.409. The highest BCUT2D eigenvalue weighted by molar-refractivity contribution is 8.18. The van der Waals surface area contributed by atoms with Gasteiger partial charge in [0.2, 0.25) is 5.91 Å². The van der Waals surface area contributed by atoms with Gasteiger partial charge in [-0.3, -0.25) is 24.1 Å². The number of amides is 4. The lowest BCUT2D eigenvalue weighted by Crippen LogP contribution is -2.36. The van der Waals surface area contributed by atoms with E-state index in [2.05, 4.69) is 10.6 Å². The van der Waals surface area contributed by atoms with E-state index in [0.29, 0.717) is 17.0 Å². The van der Waals surface area contributed by atoms with E-state index >= 15 is 0 Å². The fourth-order valence-electron chi connectivity index (χ4n) is 3.54. The number of rotatable bonds is 8. The molecular formula is C28H25N3O5S. The molecule has 2 N–H and O–H groups in total. The van der Waals surface area contributed by atoms with E-state index in [1.165, 1.54) is 0 Å². The second-order valence-corrected chi connectivity index (χ2v) is 9.34. The van der Waals surface area contributed by atoms with Gasteiger partial charge in [-0.15, -0.1) is 0 Å². The average Bonchev–Trinajstić information content (AvgIpc) is 3.13. The molecule has 0 spiro atoms. The summed E-state index contributed by atoms with van der Waals surface area (Å²) < 4.78 is 5.55. The minimum Gasteiger partial charge on any atom is -0.484 e. The number of aryl methyl sites for hydroxylation is 2. The first-order valence-corrected chi connectivity index (χ1v) is 12.3. The van der Waals surface area contributed by atoms with Gasteiger partial charge in [-0.1, -0.05) is 48.5 Å². The largest absolute Gasteiger partial charge is 0.484 e. The Morgan fingerprint density at radius 1 is 0.838 bits per heavy atom. The number of nitrogens with zero attached hydrogens (tertiary/aromatic N) is 1. The Kier molecular flexibility index (Phi) is 8.05. The fourth-order valence-corrected chi connectivity index (χ4v) is 4.38. The topological polar surface area (TPSA) is 105 Å². The van der Waals surface area contributed by atoms with Crippen LogP contribution in [0.15, 0.2) is 77.7 Å². The summed E-state index contributed by atoms with van der Waals surface area (Å²) >= 11 is 0.783. The molecule has 0 radical (unpaired) electrons. The second kappa shape index (κ2) is 11.6. The summed E-state index contributed by atoms with van der Waals surface area (Å²) in [6.45, 7) is 3.24. The van der Waals surface area contributed by atoms with E-state index in [0.717, 1.165) is 33.5 Å². The van der Waals surface area contributed by atoms with Crippen molar-refractivity contribution in [2.75, 3.05) is 23.8 Å². The molecule has 0 unspecified atom stereocenters. The van der Waals surface area contributed by atoms with Gasteiger partial charge in [-0.2, -0.15) is 0 Å². The standard InChI is InChI=1S/C28H25N3O5S/c1-18-7-3-5-9-22(18)29-25(32)16-31-27(34)24(37-28(31)35)15-20-11-13-21(14-12-20)36-17-26(33)30-23-10-6-4-8-19(23)2/h3-15H,16-17H2,1-2H3,(H,29,32)(H,30,33)/b24-15-. The first kappa shape index (κ1) is 25.7. The lowest BCUT2D eigenvalue weighted by atomic mass is 10.2. The van der Waals surface area contributed by atoms with Crippen LogP contribution in [0.3, 0.4) is 0 Å². The minimum atomic E-state index is -0.525. The van der Waals surface area contributed by atoms with Crippen molar-refractivity contribution in [2.45, 2.75) is 13.8 Å². The molecule has 1 aliphatic heterocycles. The summed E-state index contributed by atoms with van der Waals surface area (Å²) in [4.78, 5) is 50.9. The van der Waals surface area contributed by atoms with Gasteiger partial charge in [-0.25, -0.2) is 0 Å². The summed E-state index contributed by atoms with van der Waals surface area (Å²) in [5, 5.41) is 5.03. The minimum absolute atomic E-state index is 0.156. The number of imide groups is 1. The van der Waals surface area contributed by atoms with Crippen LogP contribution in [0.4, 0.5) is 16.2 Å². The van der Waals surface area contributed by atoms with Crippen molar-refractivity contribution in [1.82, 2.24) is 4.90 Å². The summed E-state index contributed by atoms with van der Waals surface area (Å²) in [5.41, 5.74) is 3.87. The molecule has 0 bridgehead atoms. The molecule has 1 aliphatic rings. The normalized spacial score (nSPS) is 14.1. The number of benzene rings is 3. The molecule has 8 nitrogen and oxygen atoms in total. The molecule has 0 aliphatic carbocycles. The summed E-state index contributed by atoms with van der Waals surface area (Å²) in [5.74, 6) is -0.773. The van der Waals surface area contributed by atoms with Crippen molar-refractivity contribution in [3.05, 3.63) is 94.4 Å². The van der Waals surface area contributed by atoms with Crippen molar-refractivity contribution in [3.63, 3.8) is 0 Å². The van der Waals surface area contributed by atoms with Crippen LogP contribution in [0.2, 0.25) is 0 Å². The monoisotopic (exact) mass is 515 g/mol. The third-order valence-corrected chi connectivity index (χ3v) is 6.47. The number of para-hydroxylation sites is 2. The third kappa shape index (κ3) is 6.65. The van der Waals surface area contributed by atoms with Crippen LogP contribution in [0, 0.1) is 13.8 Å². The fraction of sp³-hybridized carbons (Fsp3) is 0.143. The lowest BCUT2D eigenvalue weighted by molar-refractivity contribution is -0.127. The Bertz CT molecular complexity index is 1380. The van der Waals surface area contributed by atoms with Crippen LogP contribution < -0.4 is 15.4 Å². The Morgan fingerprint density at radius 2 is 1.41 bits per heavy atom. The molecule has 3 aromatic rings. The molecule has 0 atom stereocenters. The number of anilines is 2. The van der Waals surface area contributed by atoms with Gasteiger partial charge in [-0.05, 0) is 72.6 Å². The van der Waals surface area contributed by atoms with Crippen molar-refractivity contribution < 1.29 is 23.9 Å². The zero-order valence-electron chi connectivity index (χ0n) is 20.3. The van der Waals surface area contributed by atoms with E-state index in [1.807, 2.05) is 50.2 Å². The highest BCUT2D eigenvalue weighted by Crippen LogP contribution is 2.32. The number of hydrogen-bond acceptors (Lipinski definition) is 6. The van der Waals surface area contributed by atoms with Gasteiger partial charge < -0.3 is 15.4 Å². The van der Waals surface area contributed by atoms with Gasteiger partial charge in [0.15, 0.2) is 6.61 Å². The maximum atomic E-state index is 12.8. The summed E-state index contributed by atoms with van der Waals surface area (Å²) in [6.07, 6.45) is 1.58. The molecule has 4 rings (SSSR count). The molecule has 9 heteroatoms. The molecular weight excluding hydrogens is 490 g/mol. The van der Waals surface area contributed by atoms with Crippen molar-refractivity contribution in [1.29, 1.82) is 0 Å². The van der Waals surface area contributed by atoms with E-state index in [4.69, 9.17) is 4.74 Å². The predicted octanol–water partition coefficient (Wildman–Crippen LogP) is 5.00. The van der Waals surface area contributed by atoms with E-state index in [9.17, 15) is 19.2 Å². The number of carbonyl (C=O) groups is 4. The summed E-state index contributed by atoms with van der Waals surface area (Å²) in [7, 11) is 0. The number of ether oxygens (including phenoxy) is 1. The highest BCUT2D eigenvalue weighted by atomic mass is 32.2. The molecule has 4 amide bonds. The predicted molar refractivity (Wildman–Crippen MR) is 144 cm³/mol. The number of carbonyl (C=O) groups excluding carboxylic acids is 4. The zero-order valence-corrected chi connectivity index (χ0v) is 21.1. The van der Waals surface area contributed by atoms with Gasteiger partial charge in [0.05, 0.1) is 4.91 Å². The number of thioether (sulfide) groups is 1. The SMILES string of the molecule is Cc1ccccc1NC(=O)COc1ccc(/C=C2\SC(=O)N(CC(=O)Nc3ccccc3C)C2=O)cc1. The average molecular weight is 516 g/mol. The molecule has 37 heavy (non-hydrogen) atoms. The van der Waals surface area contributed by atoms with Crippen molar-refractivity contribution in [3.8, 4) is 5.75 Å². The van der Waals surface area contributed by atoms with Gasteiger partial charge in [0, 0.05) is 11.4 Å². The van der Waals surface area contributed by atoms with Crippen LogP contribution in [-0.2, 0) is 14.4 Å². The van der Waals surface area contributed by atoms with Crippen molar-refractivity contribution in [2.24, 2.45) is 0 Å². The Morgan fingerprint density at radius 3 is 2.00 bits per heavy atom. The van der Waals surface area contributed by atoms with Crippen LogP contribution in [0.25, 0.3) is 6.08 Å². The smallest absolute Gasteiger partial charge is 0.294 e. The third-order valence-electron chi connectivity index (χ3n) is 5.56. The summed E-state index contributed by atoms with van der Waals surface area (Å²) in [6, 6.07) is 21.5. The highest BCUT2D eigenvalue weighted by Gasteiger charge is 2.36. The van der Waals surface area contributed by atoms with Crippen LogP contribution in [-0.4, -0.2) is 41.0 Å². The van der Waals surface area contributed by atoms with Gasteiger partial charge in [0.25, 0.3) is 17.1 Å². The second-order valence-electron chi connectivity index (χ2n) is 8.35. The number of nitrogens with one attached hydrogen (secondary N) is 2. The van der Waals surface area contributed by atoms with Crippen molar-refractivity contribution >= 4 is 52.2 Å². The molecule has 0 aromatic heterocycles. The molecule has 0 saturated carbocycles. The Labute approximate surface area is 218 Å². The number of hydrogen-bond donors (Lipinski definition) is 2. The van der Waals surface area contributed by atoms with Crippen LogP contribution in [0.1, 0.15) is 16.7 Å². The van der Waals surface area contributed by atoms with E-state index in [1.54, 1.807) is 42.5 Å². The molecule has 1 fully saturated rings. The molecule has 3 aromatic carbocycles. The van der Waals surface area contributed by atoms with Crippen LogP contribution in [0.5, 0.6) is 5.75 Å². The lowest BCUT2D eigenvalue weighted by Gasteiger charge is -2.13. The molecule has 1 saturated heterocycles. The maximum absolute atomic E-state index is 12.8. The maximum Gasteiger partial charge on any atom is 0.294 e. The molecule has 188 valence electrons. The Balaban J connectivity index is 1.32. The molecule has 1 heterocycles.